The van der Waals surface area contributed by atoms with Crippen LogP contribution in [0, 0.1) is 6.92 Å². The molecule has 0 saturated carbocycles. The van der Waals surface area contributed by atoms with E-state index in [2.05, 4.69) is 5.32 Å². The average molecular weight is 224 g/mol. The number of carbonyl (C=O) groups excluding carboxylic acids is 1. The molecule has 1 amide bonds. The van der Waals surface area contributed by atoms with Gasteiger partial charge in [0.2, 0.25) is 5.91 Å². The van der Waals surface area contributed by atoms with Gasteiger partial charge in [-0.15, -0.1) is 11.8 Å². The minimum atomic E-state index is 0.0182. The molecule has 0 aliphatic carbocycles. The maximum atomic E-state index is 10.6. The molecule has 0 aliphatic rings. The number of thioether (sulfide) groups is 1. The van der Waals surface area contributed by atoms with E-state index in [-0.39, 0.29) is 5.91 Å². The molecular weight excluding hydrogens is 208 g/mol. The number of rotatable bonds is 4. The van der Waals surface area contributed by atoms with Gasteiger partial charge in [0.1, 0.15) is 0 Å². The van der Waals surface area contributed by atoms with Gasteiger partial charge in [0.15, 0.2) is 0 Å². The van der Waals surface area contributed by atoms with E-state index in [1.54, 1.807) is 11.8 Å². The second-order valence-electron chi connectivity index (χ2n) is 3.36. The van der Waals surface area contributed by atoms with Crippen LogP contribution in [0.4, 0.5) is 5.69 Å². The summed E-state index contributed by atoms with van der Waals surface area (Å²) in [6, 6.07) is 5.87. The van der Waals surface area contributed by atoms with Crippen molar-refractivity contribution < 1.29 is 4.79 Å². The third kappa shape index (κ3) is 4.25. The van der Waals surface area contributed by atoms with Crippen molar-refractivity contribution in [1.29, 1.82) is 0 Å². The number of carbonyl (C=O) groups is 1. The maximum absolute atomic E-state index is 10.6. The molecule has 0 aromatic heterocycles. The van der Waals surface area contributed by atoms with Crippen LogP contribution in [0.2, 0.25) is 0 Å². The molecule has 1 rings (SSSR count). The molecule has 15 heavy (non-hydrogen) atoms. The fourth-order valence-corrected chi connectivity index (χ4v) is 2.10. The first-order valence-corrected chi connectivity index (χ1v) is 5.81. The number of amides is 1. The van der Waals surface area contributed by atoms with E-state index < -0.39 is 0 Å². The smallest absolute Gasteiger partial charge is 0.216 e. The maximum Gasteiger partial charge on any atom is 0.216 e. The van der Waals surface area contributed by atoms with E-state index in [4.69, 9.17) is 5.73 Å². The molecule has 0 atom stereocenters. The number of anilines is 1. The van der Waals surface area contributed by atoms with Crippen LogP contribution >= 0.6 is 11.8 Å². The molecule has 0 bridgehead atoms. The van der Waals surface area contributed by atoms with E-state index >= 15 is 0 Å². The molecule has 0 saturated heterocycles. The molecule has 0 unspecified atom stereocenters. The molecule has 0 aliphatic heterocycles. The first-order chi connectivity index (χ1) is 7.09. The normalized spacial score (nSPS) is 10.0. The number of hydrogen-bond donors (Lipinski definition) is 2. The highest BCUT2D eigenvalue weighted by Gasteiger charge is 1.99. The molecule has 1 aromatic carbocycles. The molecule has 0 spiro atoms. The highest BCUT2D eigenvalue weighted by Crippen LogP contribution is 2.23. The molecule has 4 heteroatoms. The number of benzene rings is 1. The van der Waals surface area contributed by atoms with Crippen molar-refractivity contribution in [3.05, 3.63) is 23.8 Å². The number of nitrogen functional groups attached to an aromatic ring is 1. The molecule has 3 N–H and O–H groups in total. The monoisotopic (exact) mass is 224 g/mol. The summed E-state index contributed by atoms with van der Waals surface area (Å²) in [4.78, 5) is 11.8. The van der Waals surface area contributed by atoms with Crippen LogP contribution < -0.4 is 11.1 Å². The Labute approximate surface area is 94.4 Å². The largest absolute Gasteiger partial charge is 0.399 e. The molecule has 82 valence electrons. The van der Waals surface area contributed by atoms with Gasteiger partial charge in [-0.25, -0.2) is 0 Å². The Morgan fingerprint density at radius 3 is 2.87 bits per heavy atom. The van der Waals surface area contributed by atoms with Gasteiger partial charge in [-0.05, 0) is 30.7 Å². The first-order valence-electron chi connectivity index (χ1n) is 4.83. The minimum Gasteiger partial charge on any atom is -0.399 e. The van der Waals surface area contributed by atoms with E-state index in [9.17, 15) is 4.79 Å². The zero-order valence-electron chi connectivity index (χ0n) is 9.04. The summed E-state index contributed by atoms with van der Waals surface area (Å²) >= 11 is 1.73. The predicted molar refractivity (Wildman–Crippen MR) is 65.0 cm³/mol. The highest BCUT2D eigenvalue weighted by molar-refractivity contribution is 7.99. The molecule has 0 heterocycles. The lowest BCUT2D eigenvalue weighted by molar-refractivity contribution is -0.118. The lowest BCUT2D eigenvalue weighted by Gasteiger charge is -2.06. The summed E-state index contributed by atoms with van der Waals surface area (Å²) in [5, 5.41) is 2.76. The van der Waals surface area contributed by atoms with Crippen molar-refractivity contribution in [1.82, 2.24) is 5.32 Å². The standard InChI is InChI=1S/C11H16N2OS/c1-8-7-10(12)3-4-11(8)15-6-5-13-9(2)14/h3-4,7H,5-6,12H2,1-2H3,(H,13,14). The van der Waals surface area contributed by atoms with Crippen molar-refractivity contribution in [3.8, 4) is 0 Å². The Hall–Kier alpha value is -1.16. The Morgan fingerprint density at radius 2 is 2.27 bits per heavy atom. The summed E-state index contributed by atoms with van der Waals surface area (Å²) in [5.41, 5.74) is 7.63. The van der Waals surface area contributed by atoms with Gasteiger partial charge >= 0.3 is 0 Å². The van der Waals surface area contributed by atoms with Crippen molar-refractivity contribution >= 4 is 23.4 Å². The fourth-order valence-electron chi connectivity index (χ4n) is 1.22. The molecule has 3 nitrogen and oxygen atoms in total. The van der Waals surface area contributed by atoms with Crippen LogP contribution in [0.15, 0.2) is 23.1 Å². The molecular formula is C11H16N2OS. The molecule has 1 aromatic rings. The quantitative estimate of drug-likeness (QED) is 0.466. The van der Waals surface area contributed by atoms with Crippen molar-refractivity contribution in [3.63, 3.8) is 0 Å². The van der Waals surface area contributed by atoms with E-state index in [0.717, 1.165) is 11.4 Å². The summed E-state index contributed by atoms with van der Waals surface area (Å²) in [6.07, 6.45) is 0. The average Bonchev–Trinajstić information content (AvgIpc) is 2.14. The van der Waals surface area contributed by atoms with Gasteiger partial charge in [-0.1, -0.05) is 0 Å². The van der Waals surface area contributed by atoms with Crippen LogP contribution in [0.3, 0.4) is 0 Å². The molecule has 0 radical (unpaired) electrons. The zero-order chi connectivity index (χ0) is 11.3. The van der Waals surface area contributed by atoms with E-state index in [0.29, 0.717) is 6.54 Å². The van der Waals surface area contributed by atoms with Gasteiger partial charge in [0, 0.05) is 29.8 Å². The summed E-state index contributed by atoms with van der Waals surface area (Å²) in [5.74, 6) is 0.897. The predicted octanol–water partition coefficient (Wildman–Crippen LogP) is 1.81. The van der Waals surface area contributed by atoms with Crippen LogP contribution in [0.1, 0.15) is 12.5 Å². The first kappa shape index (κ1) is 11.9. The number of aryl methyl sites for hydroxylation is 1. The van der Waals surface area contributed by atoms with Crippen LogP contribution in [0.5, 0.6) is 0 Å². The summed E-state index contributed by atoms with van der Waals surface area (Å²) in [7, 11) is 0. The van der Waals surface area contributed by atoms with Gasteiger partial charge in [0.25, 0.3) is 0 Å². The van der Waals surface area contributed by atoms with E-state index in [1.165, 1.54) is 17.4 Å². The van der Waals surface area contributed by atoms with Gasteiger partial charge < -0.3 is 11.1 Å². The molecule has 0 fully saturated rings. The highest BCUT2D eigenvalue weighted by atomic mass is 32.2. The van der Waals surface area contributed by atoms with Crippen molar-refractivity contribution in [2.24, 2.45) is 0 Å². The minimum absolute atomic E-state index is 0.0182. The van der Waals surface area contributed by atoms with Gasteiger partial charge in [0.05, 0.1) is 0 Å². The Bertz CT molecular complexity index is 352. The van der Waals surface area contributed by atoms with Crippen LogP contribution in [-0.2, 0) is 4.79 Å². The zero-order valence-corrected chi connectivity index (χ0v) is 9.86. The number of nitrogens with two attached hydrogens (primary N) is 1. The Balaban J connectivity index is 2.40. The van der Waals surface area contributed by atoms with Gasteiger partial charge in [-0.2, -0.15) is 0 Å². The number of nitrogens with one attached hydrogen (secondary N) is 1. The van der Waals surface area contributed by atoms with E-state index in [1.807, 2.05) is 25.1 Å². The fraction of sp³-hybridized carbons (Fsp3) is 0.364. The lowest BCUT2D eigenvalue weighted by Crippen LogP contribution is -2.22. The van der Waals surface area contributed by atoms with Gasteiger partial charge in [-0.3, -0.25) is 4.79 Å². The topological polar surface area (TPSA) is 55.1 Å². The number of hydrogen-bond acceptors (Lipinski definition) is 3. The lowest BCUT2D eigenvalue weighted by atomic mass is 10.2. The van der Waals surface area contributed by atoms with Crippen molar-refractivity contribution in [2.75, 3.05) is 18.0 Å². The van der Waals surface area contributed by atoms with Crippen LogP contribution in [0.25, 0.3) is 0 Å². The third-order valence-corrected chi connectivity index (χ3v) is 3.11. The summed E-state index contributed by atoms with van der Waals surface area (Å²) < 4.78 is 0. The summed E-state index contributed by atoms with van der Waals surface area (Å²) in [6.45, 7) is 4.26. The SMILES string of the molecule is CC(=O)NCCSc1ccc(N)cc1C. The van der Waals surface area contributed by atoms with Crippen molar-refractivity contribution in [2.45, 2.75) is 18.7 Å². The Morgan fingerprint density at radius 1 is 1.53 bits per heavy atom. The second-order valence-corrected chi connectivity index (χ2v) is 4.49. The van der Waals surface area contributed by atoms with Crippen LogP contribution in [-0.4, -0.2) is 18.2 Å². The second kappa shape index (κ2) is 5.66. The third-order valence-electron chi connectivity index (χ3n) is 1.93. The Kier molecular flexibility index (Phi) is 4.49.